The number of aromatic amines is 1. The predicted octanol–water partition coefficient (Wildman–Crippen LogP) is 4.25. The molecule has 6 atom stereocenters. The SMILES string of the molecule is Nc1nc2c(ncn2[C@H]2C[C@@H]3O[P@@](=O)(O[C@H]4CSSC[C@@H]4OCc4ccccc4)OC[C@H]3O2)c(=S)[nH]1. The second-order valence-corrected chi connectivity index (χ2v) is 13.1. The number of nitrogens with zero attached hydrogens (tertiary/aromatic N) is 3. The minimum atomic E-state index is -3.82. The van der Waals surface area contributed by atoms with Crippen LogP contribution in [0.3, 0.4) is 0 Å². The summed E-state index contributed by atoms with van der Waals surface area (Å²) in [6, 6.07) is 9.92. The van der Waals surface area contributed by atoms with E-state index in [2.05, 4.69) is 15.0 Å². The maximum atomic E-state index is 13.5. The van der Waals surface area contributed by atoms with Gasteiger partial charge in [0.1, 0.15) is 34.7 Å². The fourth-order valence-electron chi connectivity index (χ4n) is 4.34. The van der Waals surface area contributed by atoms with E-state index in [4.69, 9.17) is 41.0 Å². The molecule has 192 valence electrons. The summed E-state index contributed by atoms with van der Waals surface area (Å²) in [6.07, 6.45) is 0.0263. The first-order chi connectivity index (χ1) is 17.5. The van der Waals surface area contributed by atoms with Crippen LogP contribution < -0.4 is 5.73 Å². The number of benzene rings is 1. The number of hydrogen-bond donors (Lipinski definition) is 2. The number of hydrogen-bond acceptors (Lipinski definition) is 12. The number of anilines is 1. The van der Waals surface area contributed by atoms with Gasteiger partial charge in [-0.15, -0.1) is 0 Å². The molecule has 3 saturated heterocycles. The number of phosphoric ester groups is 1. The predicted molar refractivity (Wildman–Crippen MR) is 139 cm³/mol. The summed E-state index contributed by atoms with van der Waals surface area (Å²) in [5, 5.41) is 0. The van der Waals surface area contributed by atoms with E-state index in [0.29, 0.717) is 40.3 Å². The number of nitrogens with two attached hydrogens (primary N) is 1. The quantitative estimate of drug-likeness (QED) is 0.250. The molecule has 3 aromatic rings. The van der Waals surface area contributed by atoms with Gasteiger partial charge in [-0.1, -0.05) is 64.1 Å². The van der Waals surface area contributed by atoms with Gasteiger partial charge in [0, 0.05) is 17.9 Å². The van der Waals surface area contributed by atoms with Gasteiger partial charge in [-0.05, 0) is 5.56 Å². The van der Waals surface area contributed by atoms with Crippen LogP contribution in [0.25, 0.3) is 11.2 Å². The highest BCUT2D eigenvalue weighted by Gasteiger charge is 2.49. The van der Waals surface area contributed by atoms with Gasteiger partial charge in [-0.25, -0.2) is 9.55 Å². The molecule has 0 radical (unpaired) electrons. The largest absolute Gasteiger partial charge is 0.475 e. The second-order valence-electron chi connectivity index (χ2n) is 8.57. The molecule has 11 nitrogen and oxygen atoms in total. The smallest absolute Gasteiger partial charge is 0.370 e. The first-order valence-electron chi connectivity index (χ1n) is 11.4. The lowest BCUT2D eigenvalue weighted by atomic mass is 10.2. The normalized spacial score (nSPS) is 32.5. The van der Waals surface area contributed by atoms with E-state index in [1.54, 1.807) is 32.5 Å². The third kappa shape index (κ3) is 5.11. The Morgan fingerprint density at radius 2 is 2.03 bits per heavy atom. The molecule has 2 aromatic heterocycles. The van der Waals surface area contributed by atoms with E-state index in [0.717, 1.165) is 5.56 Å². The van der Waals surface area contributed by atoms with E-state index >= 15 is 0 Å². The second kappa shape index (κ2) is 10.4. The Balaban J connectivity index is 1.12. The monoisotopic (exact) mass is 569 g/mol. The van der Waals surface area contributed by atoms with Gasteiger partial charge in [-0.2, -0.15) is 4.98 Å². The Hall–Kier alpha value is -1.48. The van der Waals surface area contributed by atoms with Crippen LogP contribution in [0.5, 0.6) is 0 Å². The van der Waals surface area contributed by atoms with Gasteiger partial charge in [0.25, 0.3) is 0 Å². The van der Waals surface area contributed by atoms with Gasteiger partial charge in [-0.3, -0.25) is 18.1 Å². The first kappa shape index (κ1) is 24.8. The molecule has 3 fully saturated rings. The highest BCUT2D eigenvalue weighted by atomic mass is 33.1. The van der Waals surface area contributed by atoms with Crippen molar-refractivity contribution in [3.63, 3.8) is 0 Å². The highest BCUT2D eigenvalue weighted by molar-refractivity contribution is 8.76. The maximum absolute atomic E-state index is 13.5. The molecule has 0 spiro atoms. The molecule has 0 amide bonds. The van der Waals surface area contributed by atoms with E-state index in [9.17, 15) is 4.57 Å². The Morgan fingerprint density at radius 3 is 2.86 bits per heavy atom. The van der Waals surface area contributed by atoms with E-state index in [-0.39, 0.29) is 18.7 Å². The van der Waals surface area contributed by atoms with Crippen molar-refractivity contribution in [3.05, 3.63) is 46.9 Å². The molecule has 15 heteroatoms. The average Bonchev–Trinajstić information content (AvgIpc) is 3.47. The molecule has 0 bridgehead atoms. The lowest BCUT2D eigenvalue weighted by Gasteiger charge is -2.35. The van der Waals surface area contributed by atoms with E-state index in [1.165, 1.54) is 0 Å². The Morgan fingerprint density at radius 1 is 1.22 bits per heavy atom. The fraction of sp³-hybridized carbons (Fsp3) is 0.476. The molecule has 0 saturated carbocycles. The number of nitrogen functional groups attached to an aromatic ring is 1. The number of phosphoric acid groups is 1. The van der Waals surface area contributed by atoms with Crippen LogP contribution in [0.4, 0.5) is 5.95 Å². The molecule has 0 unspecified atom stereocenters. The Labute approximate surface area is 219 Å². The molecule has 5 heterocycles. The lowest BCUT2D eigenvalue weighted by molar-refractivity contribution is -0.0850. The van der Waals surface area contributed by atoms with Crippen LogP contribution in [-0.4, -0.2) is 62.0 Å². The van der Waals surface area contributed by atoms with Crippen molar-refractivity contribution in [3.8, 4) is 0 Å². The summed E-state index contributed by atoms with van der Waals surface area (Å²) in [6.45, 7) is 0.537. The van der Waals surface area contributed by atoms with Crippen molar-refractivity contribution in [2.75, 3.05) is 23.8 Å². The standard InChI is InChI=1S/C21H24N5O6PS3/c22-21-24-19-18(20(34)25-21)23-11-26(19)17-6-13-14(30-17)8-29-33(27,31-13)32-16-10-36-35-9-15(16)28-7-12-4-2-1-3-5-12/h1-5,11,13-17H,6-10H2,(H3,22,24,25,34)/t13-,14+,15-,16-,17+,33-/m0/s1. The molecule has 6 rings (SSSR count). The van der Waals surface area contributed by atoms with Gasteiger partial charge >= 0.3 is 7.82 Å². The van der Waals surface area contributed by atoms with Gasteiger partial charge < -0.3 is 20.2 Å². The number of H-pyrrole nitrogens is 1. The van der Waals surface area contributed by atoms with Crippen molar-refractivity contribution < 1.29 is 27.6 Å². The summed E-state index contributed by atoms with van der Waals surface area (Å²) in [4.78, 5) is 11.4. The molecule has 1 aromatic carbocycles. The molecule has 0 aliphatic carbocycles. The van der Waals surface area contributed by atoms with Crippen molar-refractivity contribution >= 4 is 58.7 Å². The lowest BCUT2D eigenvalue weighted by Crippen LogP contribution is -2.40. The number of fused-ring (bicyclic) bond motifs is 2. The van der Waals surface area contributed by atoms with Crippen LogP contribution in [-0.2, 0) is 34.2 Å². The molecule has 3 aliphatic rings. The van der Waals surface area contributed by atoms with Gasteiger partial charge in [0.05, 0.1) is 25.6 Å². The summed E-state index contributed by atoms with van der Waals surface area (Å²) in [5.41, 5.74) is 7.93. The van der Waals surface area contributed by atoms with Crippen LogP contribution in [0.2, 0.25) is 0 Å². The number of nitrogens with one attached hydrogen (secondary N) is 1. The zero-order chi connectivity index (χ0) is 24.7. The van der Waals surface area contributed by atoms with Crippen LogP contribution in [0.15, 0.2) is 36.7 Å². The Bertz CT molecular complexity index is 1340. The van der Waals surface area contributed by atoms with Crippen molar-refractivity contribution in [1.29, 1.82) is 0 Å². The third-order valence-electron chi connectivity index (χ3n) is 6.14. The molecule has 36 heavy (non-hydrogen) atoms. The minimum Gasteiger partial charge on any atom is -0.370 e. The fourth-order valence-corrected chi connectivity index (χ4v) is 8.73. The van der Waals surface area contributed by atoms with Crippen LogP contribution >= 0.6 is 41.6 Å². The van der Waals surface area contributed by atoms with Crippen LogP contribution in [0.1, 0.15) is 18.2 Å². The minimum absolute atomic E-state index is 0.0882. The summed E-state index contributed by atoms with van der Waals surface area (Å²) < 4.78 is 45.4. The zero-order valence-corrected chi connectivity index (χ0v) is 22.3. The van der Waals surface area contributed by atoms with Crippen molar-refractivity contribution in [2.24, 2.45) is 0 Å². The Kier molecular flexibility index (Phi) is 7.14. The van der Waals surface area contributed by atoms with E-state index < -0.39 is 32.4 Å². The number of aromatic nitrogens is 4. The average molecular weight is 570 g/mol. The summed E-state index contributed by atoms with van der Waals surface area (Å²) >= 11 is 5.29. The topological polar surface area (TPSA) is 136 Å². The highest BCUT2D eigenvalue weighted by Crippen LogP contribution is 2.58. The summed E-state index contributed by atoms with van der Waals surface area (Å²) in [5.74, 6) is 1.52. The van der Waals surface area contributed by atoms with Crippen LogP contribution in [0, 0.1) is 4.64 Å². The molecular formula is C21H24N5O6PS3. The van der Waals surface area contributed by atoms with Crippen molar-refractivity contribution in [1.82, 2.24) is 19.5 Å². The zero-order valence-electron chi connectivity index (χ0n) is 18.9. The van der Waals surface area contributed by atoms with E-state index in [1.807, 2.05) is 30.3 Å². The van der Waals surface area contributed by atoms with Crippen molar-refractivity contribution in [2.45, 2.75) is 43.7 Å². The maximum Gasteiger partial charge on any atom is 0.475 e. The first-order valence-corrected chi connectivity index (χ1v) is 15.7. The molecule has 3 aliphatic heterocycles. The van der Waals surface area contributed by atoms with Gasteiger partial charge in [0.15, 0.2) is 5.65 Å². The third-order valence-corrected chi connectivity index (χ3v) is 10.4. The number of ether oxygens (including phenoxy) is 2. The molecule has 3 N–H and O–H groups in total. The summed E-state index contributed by atoms with van der Waals surface area (Å²) in [7, 11) is -0.456. The molecular weight excluding hydrogens is 545 g/mol. The number of rotatable bonds is 6. The van der Waals surface area contributed by atoms with Gasteiger partial charge in [0.2, 0.25) is 5.95 Å². The number of imidazole rings is 1.